The Labute approximate surface area is 135 Å². The Kier molecular flexibility index (Phi) is 6.43. The van der Waals surface area contributed by atoms with Crippen LogP contribution in [0.25, 0.3) is 5.57 Å². The lowest BCUT2D eigenvalue weighted by molar-refractivity contribution is -0.136. The largest absolute Gasteiger partial charge is 0.467 e. The number of allylic oxidation sites excluding steroid dienone is 1. The van der Waals surface area contributed by atoms with Gasteiger partial charge in [0.05, 0.1) is 7.11 Å². The van der Waals surface area contributed by atoms with Gasteiger partial charge in [-0.25, -0.2) is 4.79 Å². The summed E-state index contributed by atoms with van der Waals surface area (Å²) in [6.07, 6.45) is 2.45. The maximum Gasteiger partial charge on any atom is 0.334 e. The molecule has 0 fully saturated rings. The molecule has 0 N–H and O–H groups in total. The van der Waals surface area contributed by atoms with Crippen molar-refractivity contribution in [3.8, 4) is 11.5 Å². The van der Waals surface area contributed by atoms with Gasteiger partial charge in [0, 0.05) is 31.4 Å². The Hall–Kier alpha value is -2.05. The number of methoxy groups -OCH3 is 3. The minimum absolute atomic E-state index is 0.113. The van der Waals surface area contributed by atoms with Crippen LogP contribution < -0.4 is 9.47 Å². The summed E-state index contributed by atoms with van der Waals surface area (Å²) in [7, 11) is 4.51. The van der Waals surface area contributed by atoms with Gasteiger partial charge in [0.1, 0.15) is 11.5 Å². The van der Waals surface area contributed by atoms with E-state index in [-0.39, 0.29) is 19.6 Å². The van der Waals surface area contributed by atoms with Gasteiger partial charge < -0.3 is 23.7 Å². The Morgan fingerprint density at radius 1 is 1.04 bits per heavy atom. The third-order valence-electron chi connectivity index (χ3n) is 3.60. The molecule has 0 bridgehead atoms. The van der Waals surface area contributed by atoms with Crippen LogP contribution in [0.2, 0.25) is 0 Å². The van der Waals surface area contributed by atoms with Crippen molar-refractivity contribution in [2.24, 2.45) is 0 Å². The fourth-order valence-electron chi connectivity index (χ4n) is 2.60. The molecule has 1 aliphatic rings. The SMILES string of the molecule is COCOc1ccc(C2=C(C(=O)OC)CCC2)c(OCOC)c1. The van der Waals surface area contributed by atoms with Gasteiger partial charge in [-0.05, 0) is 37.0 Å². The Morgan fingerprint density at radius 2 is 1.78 bits per heavy atom. The molecule has 0 heterocycles. The average molecular weight is 322 g/mol. The number of hydrogen-bond donors (Lipinski definition) is 0. The van der Waals surface area contributed by atoms with Crippen LogP contribution in [0.5, 0.6) is 11.5 Å². The van der Waals surface area contributed by atoms with Crippen LogP contribution in [-0.4, -0.2) is 40.9 Å². The minimum Gasteiger partial charge on any atom is -0.467 e. The summed E-state index contributed by atoms with van der Waals surface area (Å²) in [6.45, 7) is 0.265. The number of carbonyl (C=O) groups is 1. The van der Waals surface area contributed by atoms with Crippen molar-refractivity contribution in [3.05, 3.63) is 29.3 Å². The molecule has 0 spiro atoms. The third-order valence-corrected chi connectivity index (χ3v) is 3.60. The van der Waals surface area contributed by atoms with Crippen molar-refractivity contribution in [1.29, 1.82) is 0 Å². The van der Waals surface area contributed by atoms with Crippen LogP contribution in [0.4, 0.5) is 0 Å². The highest BCUT2D eigenvalue weighted by Crippen LogP contribution is 2.40. The summed E-state index contributed by atoms with van der Waals surface area (Å²) >= 11 is 0. The first-order valence-electron chi connectivity index (χ1n) is 7.39. The normalized spacial score (nSPS) is 14.0. The number of rotatable bonds is 8. The summed E-state index contributed by atoms with van der Waals surface area (Å²) in [4.78, 5) is 11.9. The zero-order chi connectivity index (χ0) is 16.7. The molecular formula is C17H22O6. The highest BCUT2D eigenvalue weighted by molar-refractivity contribution is 5.99. The van der Waals surface area contributed by atoms with Crippen LogP contribution >= 0.6 is 0 Å². The molecule has 0 unspecified atom stereocenters. The molecule has 0 aromatic heterocycles. The number of ether oxygens (including phenoxy) is 5. The lowest BCUT2D eigenvalue weighted by Crippen LogP contribution is -2.06. The smallest absolute Gasteiger partial charge is 0.334 e. The van der Waals surface area contributed by atoms with E-state index in [0.717, 1.165) is 24.0 Å². The van der Waals surface area contributed by atoms with E-state index in [0.29, 0.717) is 23.5 Å². The second-order valence-electron chi connectivity index (χ2n) is 5.06. The third kappa shape index (κ3) is 4.24. The Bertz CT molecular complexity index is 578. The molecule has 0 saturated heterocycles. The van der Waals surface area contributed by atoms with Crippen LogP contribution in [0, 0.1) is 0 Å². The molecule has 1 aromatic carbocycles. The molecule has 126 valence electrons. The quantitative estimate of drug-likeness (QED) is 0.542. The lowest BCUT2D eigenvalue weighted by Gasteiger charge is -2.15. The fourth-order valence-corrected chi connectivity index (χ4v) is 2.60. The van der Waals surface area contributed by atoms with Gasteiger partial charge in [-0.15, -0.1) is 0 Å². The highest BCUT2D eigenvalue weighted by Gasteiger charge is 2.25. The van der Waals surface area contributed by atoms with Crippen molar-refractivity contribution in [2.75, 3.05) is 34.9 Å². The summed E-state index contributed by atoms with van der Waals surface area (Å²) in [6, 6.07) is 5.49. The molecule has 23 heavy (non-hydrogen) atoms. The maximum atomic E-state index is 11.9. The van der Waals surface area contributed by atoms with Crippen molar-refractivity contribution in [2.45, 2.75) is 19.3 Å². The molecule has 0 atom stereocenters. The molecule has 1 aliphatic carbocycles. The van der Waals surface area contributed by atoms with E-state index in [9.17, 15) is 4.79 Å². The first-order valence-corrected chi connectivity index (χ1v) is 7.39. The number of benzene rings is 1. The van der Waals surface area contributed by atoms with E-state index in [2.05, 4.69) is 0 Å². The van der Waals surface area contributed by atoms with E-state index in [4.69, 9.17) is 23.7 Å². The molecule has 0 aliphatic heterocycles. The van der Waals surface area contributed by atoms with E-state index >= 15 is 0 Å². The van der Waals surface area contributed by atoms with Gasteiger partial charge in [0.15, 0.2) is 13.6 Å². The molecular weight excluding hydrogens is 300 g/mol. The molecule has 0 saturated carbocycles. The van der Waals surface area contributed by atoms with E-state index in [1.807, 2.05) is 12.1 Å². The van der Waals surface area contributed by atoms with Crippen LogP contribution in [0.15, 0.2) is 23.8 Å². The molecule has 0 radical (unpaired) electrons. The summed E-state index contributed by atoms with van der Waals surface area (Å²) < 4.78 is 25.9. The Balaban J connectivity index is 2.37. The molecule has 1 aromatic rings. The van der Waals surface area contributed by atoms with Crippen LogP contribution in [0.1, 0.15) is 24.8 Å². The predicted molar refractivity (Wildman–Crippen MR) is 84.2 cm³/mol. The van der Waals surface area contributed by atoms with E-state index in [1.165, 1.54) is 7.11 Å². The topological polar surface area (TPSA) is 63.2 Å². The van der Waals surface area contributed by atoms with E-state index < -0.39 is 0 Å². The van der Waals surface area contributed by atoms with Gasteiger partial charge >= 0.3 is 5.97 Å². The van der Waals surface area contributed by atoms with Crippen LogP contribution in [-0.2, 0) is 19.0 Å². The average Bonchev–Trinajstić information content (AvgIpc) is 3.06. The van der Waals surface area contributed by atoms with Crippen molar-refractivity contribution in [1.82, 2.24) is 0 Å². The zero-order valence-electron chi connectivity index (χ0n) is 13.7. The fraction of sp³-hybridized carbons (Fsp3) is 0.471. The molecule has 2 rings (SSSR count). The lowest BCUT2D eigenvalue weighted by atomic mass is 10.0. The van der Waals surface area contributed by atoms with Gasteiger partial charge in [-0.3, -0.25) is 0 Å². The number of hydrogen-bond acceptors (Lipinski definition) is 6. The molecule has 0 amide bonds. The molecule has 6 nitrogen and oxygen atoms in total. The summed E-state index contributed by atoms with van der Waals surface area (Å²) in [5.41, 5.74) is 2.53. The summed E-state index contributed by atoms with van der Waals surface area (Å²) in [5, 5.41) is 0. The van der Waals surface area contributed by atoms with Crippen molar-refractivity contribution >= 4 is 11.5 Å². The Morgan fingerprint density at radius 3 is 2.48 bits per heavy atom. The van der Waals surface area contributed by atoms with Gasteiger partial charge in [0.2, 0.25) is 0 Å². The predicted octanol–water partition coefficient (Wildman–Crippen LogP) is 2.76. The maximum absolute atomic E-state index is 11.9. The second kappa shape index (κ2) is 8.55. The van der Waals surface area contributed by atoms with Crippen LogP contribution in [0.3, 0.4) is 0 Å². The van der Waals surface area contributed by atoms with Gasteiger partial charge in [-0.1, -0.05) is 0 Å². The van der Waals surface area contributed by atoms with Crippen molar-refractivity contribution in [3.63, 3.8) is 0 Å². The number of esters is 1. The number of carbonyl (C=O) groups excluding carboxylic acids is 1. The minimum atomic E-state index is -0.282. The molecule has 6 heteroatoms. The zero-order valence-corrected chi connectivity index (χ0v) is 13.7. The highest BCUT2D eigenvalue weighted by atomic mass is 16.7. The first-order chi connectivity index (χ1) is 11.2. The van der Waals surface area contributed by atoms with Gasteiger partial charge in [-0.2, -0.15) is 0 Å². The first kappa shape index (κ1) is 17.3. The summed E-state index contributed by atoms with van der Waals surface area (Å²) in [5.74, 6) is 0.952. The standard InChI is InChI=1S/C17H22O6/c1-19-10-22-12-7-8-14(16(9-12)23-11-20-2)13-5-4-6-15(13)17(18)21-3/h7-9H,4-6,10-11H2,1-3H3. The van der Waals surface area contributed by atoms with Crippen molar-refractivity contribution < 1.29 is 28.5 Å². The van der Waals surface area contributed by atoms with E-state index in [1.54, 1.807) is 20.3 Å². The monoisotopic (exact) mass is 322 g/mol. The second-order valence-corrected chi connectivity index (χ2v) is 5.06. The van der Waals surface area contributed by atoms with Gasteiger partial charge in [0.25, 0.3) is 0 Å².